The first-order valence-electron chi connectivity index (χ1n) is 6.26. The quantitative estimate of drug-likeness (QED) is 0.360. The summed E-state index contributed by atoms with van der Waals surface area (Å²) in [6, 6.07) is 10.2. The van der Waals surface area contributed by atoms with E-state index in [1.165, 1.54) is 0 Å². The van der Waals surface area contributed by atoms with Crippen LogP contribution in [0.1, 0.15) is 12.0 Å². The van der Waals surface area contributed by atoms with E-state index in [-0.39, 0.29) is 6.85 Å². The van der Waals surface area contributed by atoms with Crippen LogP contribution in [-0.4, -0.2) is 12.6 Å². The molecule has 0 aliphatic heterocycles. The van der Waals surface area contributed by atoms with Gasteiger partial charge in [0, 0.05) is 12.1 Å². The second-order valence-electron chi connectivity index (χ2n) is 4.14. The van der Waals surface area contributed by atoms with Crippen LogP contribution >= 0.6 is 0 Å². The summed E-state index contributed by atoms with van der Waals surface area (Å²) in [5.41, 5.74) is 2.25. The second-order valence-corrected chi connectivity index (χ2v) is 4.14. The second kappa shape index (κ2) is 8.29. The van der Waals surface area contributed by atoms with Gasteiger partial charge >= 0.3 is 0 Å². The Bertz CT molecular complexity index is 410. The summed E-state index contributed by atoms with van der Waals surface area (Å²) in [6.45, 7) is 11.6. The molecule has 0 aromatic heterocycles. The van der Waals surface area contributed by atoms with Gasteiger partial charge in [0.1, 0.15) is 0 Å². The molecule has 0 saturated carbocycles. The Hall–Kier alpha value is -1.83. The van der Waals surface area contributed by atoms with E-state index in [2.05, 4.69) is 31.9 Å². The Labute approximate surface area is 111 Å². The fourth-order valence-electron chi connectivity index (χ4n) is 1.82. The average Bonchev–Trinajstić information content (AvgIpc) is 2.40. The van der Waals surface area contributed by atoms with Gasteiger partial charge in [-0.1, -0.05) is 48.6 Å². The van der Waals surface area contributed by atoms with Crippen molar-refractivity contribution in [1.29, 1.82) is 0 Å². The highest BCUT2D eigenvalue weighted by Crippen LogP contribution is 2.10. The van der Waals surface area contributed by atoms with Crippen molar-refractivity contribution in [2.75, 3.05) is 0 Å². The zero-order valence-electron chi connectivity index (χ0n) is 10.9. The lowest BCUT2D eigenvalue weighted by Crippen LogP contribution is -2.12. The molecule has 0 bridgehead atoms. The first kappa shape index (κ1) is 14.2. The summed E-state index contributed by atoms with van der Waals surface area (Å²) >= 11 is 0. The molecule has 0 fully saturated rings. The van der Waals surface area contributed by atoms with E-state index in [1.807, 2.05) is 36.4 Å². The average molecular weight is 237 g/mol. The van der Waals surface area contributed by atoms with Gasteiger partial charge in [0.15, 0.2) is 0 Å². The molecule has 0 saturated heterocycles. The van der Waals surface area contributed by atoms with E-state index in [4.69, 9.17) is 4.90 Å². The van der Waals surface area contributed by atoms with Crippen molar-refractivity contribution in [3.63, 3.8) is 0 Å². The molecule has 0 atom stereocenters. The van der Waals surface area contributed by atoms with Crippen LogP contribution in [0.15, 0.2) is 73.2 Å². The maximum absolute atomic E-state index is 4.82. The molecule has 1 nitrogen and oxygen atoms in total. The molecule has 0 aliphatic rings. The fourth-order valence-corrected chi connectivity index (χ4v) is 1.82. The van der Waals surface area contributed by atoms with Gasteiger partial charge in [-0.2, -0.15) is 0 Å². The summed E-state index contributed by atoms with van der Waals surface area (Å²) in [6.07, 6.45) is 8.25. The van der Waals surface area contributed by atoms with Gasteiger partial charge in [0.05, 0.1) is 0 Å². The van der Waals surface area contributed by atoms with Crippen molar-refractivity contribution in [1.82, 2.24) is 0 Å². The van der Waals surface area contributed by atoms with Crippen molar-refractivity contribution < 1.29 is 0 Å². The van der Waals surface area contributed by atoms with Crippen LogP contribution in [0.3, 0.4) is 0 Å². The summed E-state index contributed by atoms with van der Waals surface area (Å²) in [5.74, 6) is 0. The third-order valence-corrected chi connectivity index (χ3v) is 2.66. The third-order valence-electron chi connectivity index (χ3n) is 2.66. The monoisotopic (exact) mass is 237 g/mol. The van der Waals surface area contributed by atoms with E-state index in [1.54, 1.807) is 0 Å². The highest BCUT2D eigenvalue weighted by atomic mass is 14.6. The molecule has 1 aromatic rings. The van der Waals surface area contributed by atoms with Gasteiger partial charge in [0.2, 0.25) is 0 Å². The fraction of sp³-hybridized carbons (Fsp3) is 0.188. The Morgan fingerprint density at radius 2 is 1.61 bits per heavy atom. The standard InChI is InChI=1S/C16H20BN/c1-4-10-16(15-11-8-7-9-12-15)18-17(13-5-2)14-6-3/h4-9,11-12H,1-3,10,13-14H2/b18-16+. The predicted octanol–water partition coefficient (Wildman–Crippen LogP) is 4.42. The van der Waals surface area contributed by atoms with E-state index < -0.39 is 0 Å². The largest absolute Gasteiger partial charge is 0.344 e. The minimum Gasteiger partial charge on any atom is -0.344 e. The number of benzene rings is 1. The van der Waals surface area contributed by atoms with Crippen LogP contribution in [0.5, 0.6) is 0 Å². The van der Waals surface area contributed by atoms with E-state index in [0.29, 0.717) is 0 Å². The van der Waals surface area contributed by atoms with E-state index in [0.717, 1.165) is 30.3 Å². The van der Waals surface area contributed by atoms with Crippen molar-refractivity contribution in [3.8, 4) is 0 Å². The Balaban J connectivity index is 2.97. The molecule has 0 radical (unpaired) electrons. The molecule has 0 spiro atoms. The third kappa shape index (κ3) is 4.58. The van der Waals surface area contributed by atoms with Gasteiger partial charge in [-0.3, -0.25) is 0 Å². The van der Waals surface area contributed by atoms with Crippen LogP contribution in [-0.2, 0) is 0 Å². The lowest BCUT2D eigenvalue weighted by molar-refractivity contribution is 1.39. The first-order valence-corrected chi connectivity index (χ1v) is 6.26. The minimum absolute atomic E-state index is 0.232. The lowest BCUT2D eigenvalue weighted by atomic mass is 9.57. The molecule has 2 heteroatoms. The molecule has 0 N–H and O–H groups in total. The molecule has 1 rings (SSSR count). The Morgan fingerprint density at radius 3 is 2.11 bits per heavy atom. The lowest BCUT2D eigenvalue weighted by Gasteiger charge is -2.09. The molecule has 18 heavy (non-hydrogen) atoms. The predicted molar refractivity (Wildman–Crippen MR) is 83.6 cm³/mol. The van der Waals surface area contributed by atoms with E-state index in [9.17, 15) is 0 Å². The minimum atomic E-state index is 0.232. The number of hydrogen-bond donors (Lipinski definition) is 0. The zero-order valence-corrected chi connectivity index (χ0v) is 10.9. The van der Waals surface area contributed by atoms with Crippen molar-refractivity contribution in [3.05, 3.63) is 73.9 Å². The van der Waals surface area contributed by atoms with Crippen LogP contribution in [0.25, 0.3) is 0 Å². The molecule has 0 aliphatic carbocycles. The molecule has 0 unspecified atom stereocenters. The molecule has 0 heterocycles. The highest BCUT2D eigenvalue weighted by molar-refractivity contribution is 6.59. The normalized spacial score (nSPS) is 10.8. The molecular weight excluding hydrogens is 217 g/mol. The summed E-state index contributed by atoms with van der Waals surface area (Å²) in [4.78, 5) is 4.82. The van der Waals surface area contributed by atoms with Crippen molar-refractivity contribution in [2.24, 2.45) is 4.90 Å². The van der Waals surface area contributed by atoms with Gasteiger partial charge < -0.3 is 4.90 Å². The van der Waals surface area contributed by atoms with Crippen molar-refractivity contribution >= 4 is 12.6 Å². The van der Waals surface area contributed by atoms with Crippen LogP contribution in [0.2, 0.25) is 12.6 Å². The van der Waals surface area contributed by atoms with Crippen LogP contribution in [0.4, 0.5) is 0 Å². The van der Waals surface area contributed by atoms with Crippen LogP contribution < -0.4 is 0 Å². The summed E-state index contributed by atoms with van der Waals surface area (Å²) in [5, 5.41) is 0. The molecule has 1 aromatic carbocycles. The Kier molecular flexibility index (Phi) is 6.56. The zero-order chi connectivity index (χ0) is 13.2. The van der Waals surface area contributed by atoms with Gasteiger partial charge in [-0.05, 0) is 18.2 Å². The van der Waals surface area contributed by atoms with Gasteiger partial charge in [0.25, 0.3) is 6.85 Å². The van der Waals surface area contributed by atoms with Gasteiger partial charge in [-0.15, -0.1) is 19.7 Å². The highest BCUT2D eigenvalue weighted by Gasteiger charge is 2.11. The first-order chi connectivity index (χ1) is 8.81. The SMILES string of the molecule is C=CCB(CC=C)/N=C(\CC=C)c1ccccc1. The smallest absolute Gasteiger partial charge is 0.287 e. The van der Waals surface area contributed by atoms with Crippen molar-refractivity contribution in [2.45, 2.75) is 19.1 Å². The van der Waals surface area contributed by atoms with Crippen LogP contribution in [0, 0.1) is 0 Å². The molecular formula is C16H20BN. The summed E-state index contributed by atoms with van der Waals surface area (Å²) in [7, 11) is 0. The number of nitrogens with zero attached hydrogens (tertiary/aromatic N) is 1. The Morgan fingerprint density at radius 1 is 1.00 bits per heavy atom. The molecule has 92 valence electrons. The number of hydrogen-bond acceptors (Lipinski definition) is 1. The maximum Gasteiger partial charge on any atom is 0.287 e. The van der Waals surface area contributed by atoms with E-state index >= 15 is 0 Å². The number of allylic oxidation sites excluding steroid dienone is 3. The van der Waals surface area contributed by atoms with Gasteiger partial charge in [-0.25, -0.2) is 0 Å². The topological polar surface area (TPSA) is 12.4 Å². The maximum atomic E-state index is 4.82. The summed E-state index contributed by atoms with van der Waals surface area (Å²) < 4.78 is 0. The molecule has 0 amide bonds. The number of rotatable bonds is 8.